The van der Waals surface area contributed by atoms with Gasteiger partial charge in [-0.1, -0.05) is 41.0 Å². The van der Waals surface area contributed by atoms with Gasteiger partial charge in [-0.05, 0) is 75.5 Å². The predicted molar refractivity (Wildman–Crippen MR) is 113 cm³/mol. The van der Waals surface area contributed by atoms with Crippen LogP contribution in [0.25, 0.3) is 0 Å². The van der Waals surface area contributed by atoms with Crippen molar-refractivity contribution < 1.29 is 4.74 Å². The highest BCUT2D eigenvalue weighted by Crippen LogP contribution is 2.22. The van der Waals surface area contributed by atoms with Crippen LogP contribution in [0.15, 0.2) is 24.3 Å². The van der Waals surface area contributed by atoms with E-state index in [1.807, 2.05) is 46.9 Å². The molecule has 1 fully saturated rings. The lowest BCUT2D eigenvalue weighted by atomic mass is 9.94. The van der Waals surface area contributed by atoms with E-state index in [4.69, 9.17) is 4.74 Å². The number of hydrogen-bond donors (Lipinski definition) is 1. The quantitative estimate of drug-likeness (QED) is 0.616. The fourth-order valence-electron chi connectivity index (χ4n) is 2.94. The van der Waals surface area contributed by atoms with Crippen LogP contribution in [0, 0.1) is 5.92 Å². The summed E-state index contributed by atoms with van der Waals surface area (Å²) in [5.41, 5.74) is 1.13. The van der Waals surface area contributed by atoms with E-state index < -0.39 is 0 Å². The number of nitrogens with one attached hydrogen (secondary N) is 1. The van der Waals surface area contributed by atoms with Crippen LogP contribution in [0.4, 0.5) is 5.69 Å². The number of nitrogens with zero attached hydrogens (tertiary/aromatic N) is 1. The summed E-state index contributed by atoms with van der Waals surface area (Å²) in [4.78, 5) is 2.62. The van der Waals surface area contributed by atoms with Crippen molar-refractivity contribution in [3.8, 4) is 5.75 Å². The Morgan fingerprint density at radius 3 is 2.16 bits per heavy atom. The van der Waals surface area contributed by atoms with E-state index in [2.05, 4.69) is 29.3 Å². The number of anilines is 1. The molecule has 0 radical (unpaired) electrons. The van der Waals surface area contributed by atoms with Crippen LogP contribution in [0.3, 0.4) is 0 Å². The summed E-state index contributed by atoms with van der Waals surface area (Å²) in [7, 11) is 1.93. The molecular weight excluding hydrogens is 308 g/mol. The molecule has 3 heteroatoms. The average molecular weight is 351 g/mol. The molecule has 1 N–H and O–H groups in total. The van der Waals surface area contributed by atoms with Crippen molar-refractivity contribution in [3.63, 3.8) is 0 Å². The molecule has 3 nitrogen and oxygen atoms in total. The lowest BCUT2D eigenvalue weighted by Crippen LogP contribution is -2.34. The Bertz CT molecular complexity index is 384. The van der Waals surface area contributed by atoms with Gasteiger partial charge in [0.05, 0.1) is 6.61 Å². The van der Waals surface area contributed by atoms with Crippen molar-refractivity contribution in [1.82, 2.24) is 4.90 Å². The topological polar surface area (TPSA) is 24.5 Å². The van der Waals surface area contributed by atoms with E-state index in [1.165, 1.54) is 51.7 Å². The molecule has 146 valence electrons. The van der Waals surface area contributed by atoms with Gasteiger partial charge < -0.3 is 15.0 Å². The number of ether oxygens (including phenoxy) is 1. The van der Waals surface area contributed by atoms with Gasteiger partial charge in [0.15, 0.2) is 0 Å². The second kappa shape index (κ2) is 16.3. The van der Waals surface area contributed by atoms with E-state index in [9.17, 15) is 0 Å². The number of unbranched alkanes of at least 4 members (excludes halogenated alkanes) is 1. The normalized spacial score (nSPS) is 14.6. The van der Waals surface area contributed by atoms with Crippen LogP contribution < -0.4 is 10.1 Å². The maximum absolute atomic E-state index is 5.86. The Hall–Kier alpha value is -1.22. The van der Waals surface area contributed by atoms with Gasteiger partial charge in [-0.15, -0.1) is 0 Å². The Labute approximate surface area is 157 Å². The van der Waals surface area contributed by atoms with Crippen molar-refractivity contribution in [2.45, 2.75) is 66.7 Å². The van der Waals surface area contributed by atoms with Crippen LogP contribution in [-0.2, 0) is 0 Å². The highest BCUT2D eigenvalue weighted by molar-refractivity contribution is 5.45. The molecule has 1 heterocycles. The third-order valence-corrected chi connectivity index (χ3v) is 4.47. The Balaban J connectivity index is 0.00000134. The van der Waals surface area contributed by atoms with Gasteiger partial charge in [0.1, 0.15) is 5.75 Å². The van der Waals surface area contributed by atoms with Crippen molar-refractivity contribution >= 4 is 5.69 Å². The van der Waals surface area contributed by atoms with Crippen molar-refractivity contribution in [2.75, 3.05) is 38.6 Å². The number of benzene rings is 1. The highest BCUT2D eigenvalue weighted by Gasteiger charge is 2.18. The number of hydrogen-bond acceptors (Lipinski definition) is 3. The molecule has 1 saturated heterocycles. The van der Waals surface area contributed by atoms with Crippen LogP contribution >= 0.6 is 0 Å². The van der Waals surface area contributed by atoms with Gasteiger partial charge in [-0.25, -0.2) is 0 Å². The number of piperidine rings is 1. The first kappa shape index (κ1) is 23.8. The minimum atomic E-state index is 0.846. The second-order valence-electron chi connectivity index (χ2n) is 6.05. The lowest BCUT2D eigenvalue weighted by Gasteiger charge is -2.31. The largest absolute Gasteiger partial charge is 0.494 e. The first-order valence-electron chi connectivity index (χ1n) is 10.4. The summed E-state index contributed by atoms with van der Waals surface area (Å²) in [6, 6.07) is 8.20. The van der Waals surface area contributed by atoms with E-state index in [0.29, 0.717) is 0 Å². The predicted octanol–water partition coefficient (Wildman–Crippen LogP) is 6.06. The van der Waals surface area contributed by atoms with Gasteiger partial charge >= 0.3 is 0 Å². The van der Waals surface area contributed by atoms with E-state index in [1.54, 1.807) is 0 Å². The summed E-state index contributed by atoms with van der Waals surface area (Å²) in [6.07, 6.45) is 6.52. The minimum Gasteiger partial charge on any atom is -0.494 e. The molecule has 0 saturated carbocycles. The molecular formula is C22H42N2O. The molecule has 0 unspecified atom stereocenters. The Morgan fingerprint density at radius 1 is 1.04 bits per heavy atom. The van der Waals surface area contributed by atoms with Gasteiger partial charge in [-0.3, -0.25) is 0 Å². The lowest BCUT2D eigenvalue weighted by molar-refractivity contribution is 0.162. The molecule has 0 atom stereocenters. The third kappa shape index (κ3) is 10.4. The fourth-order valence-corrected chi connectivity index (χ4v) is 2.94. The minimum absolute atomic E-state index is 0.846. The number of rotatable bonds is 8. The molecule has 0 aromatic heterocycles. The van der Waals surface area contributed by atoms with Crippen LogP contribution in [0.1, 0.15) is 66.7 Å². The Morgan fingerprint density at radius 2 is 1.64 bits per heavy atom. The van der Waals surface area contributed by atoms with Crippen molar-refractivity contribution in [1.29, 1.82) is 0 Å². The monoisotopic (exact) mass is 350 g/mol. The van der Waals surface area contributed by atoms with Crippen molar-refractivity contribution in [3.05, 3.63) is 24.3 Å². The van der Waals surface area contributed by atoms with Gasteiger partial charge in [0.2, 0.25) is 0 Å². The SMILES string of the molecule is CC.CC.CCCCN1CCC(CCOc2ccc(NC)cc2)CC1. The van der Waals surface area contributed by atoms with Crippen LogP contribution in [0.5, 0.6) is 5.75 Å². The first-order valence-corrected chi connectivity index (χ1v) is 10.4. The van der Waals surface area contributed by atoms with Crippen LogP contribution in [0.2, 0.25) is 0 Å². The molecule has 1 aliphatic heterocycles. The summed E-state index contributed by atoms with van der Waals surface area (Å²) in [6.45, 7) is 15.0. The average Bonchev–Trinajstić information content (AvgIpc) is 2.71. The molecule has 0 amide bonds. The molecule has 25 heavy (non-hydrogen) atoms. The van der Waals surface area contributed by atoms with Crippen molar-refractivity contribution in [2.24, 2.45) is 5.92 Å². The Kier molecular flexibility index (Phi) is 15.5. The van der Waals surface area contributed by atoms with E-state index in [-0.39, 0.29) is 0 Å². The molecule has 2 rings (SSSR count). The van der Waals surface area contributed by atoms with E-state index in [0.717, 1.165) is 24.0 Å². The smallest absolute Gasteiger partial charge is 0.119 e. The summed E-state index contributed by atoms with van der Waals surface area (Å²) < 4.78 is 5.86. The van der Waals surface area contributed by atoms with Crippen LogP contribution in [-0.4, -0.2) is 38.2 Å². The molecule has 0 aliphatic carbocycles. The zero-order chi connectivity index (χ0) is 18.9. The maximum Gasteiger partial charge on any atom is 0.119 e. The molecule has 0 spiro atoms. The maximum atomic E-state index is 5.86. The van der Waals surface area contributed by atoms with Gasteiger partial charge in [0.25, 0.3) is 0 Å². The van der Waals surface area contributed by atoms with Gasteiger partial charge in [-0.2, -0.15) is 0 Å². The molecule has 1 aromatic carbocycles. The standard InChI is InChI=1S/C18H30N2O.2C2H6/c1-3-4-12-20-13-9-16(10-14-20)11-15-21-18-7-5-17(19-2)6-8-18;2*1-2/h5-8,16,19H,3-4,9-15H2,1-2H3;2*1-2H3. The van der Waals surface area contributed by atoms with Gasteiger partial charge in [0, 0.05) is 12.7 Å². The zero-order valence-corrected chi connectivity index (χ0v) is 17.6. The highest BCUT2D eigenvalue weighted by atomic mass is 16.5. The summed E-state index contributed by atoms with van der Waals surface area (Å²) in [5, 5.41) is 3.12. The molecule has 0 bridgehead atoms. The number of likely N-dealkylation sites (tertiary alicyclic amines) is 1. The molecule has 1 aromatic rings. The second-order valence-corrected chi connectivity index (χ2v) is 6.05. The zero-order valence-electron chi connectivity index (χ0n) is 17.6. The first-order chi connectivity index (χ1) is 12.3. The summed E-state index contributed by atoms with van der Waals surface area (Å²) in [5.74, 6) is 1.83. The third-order valence-electron chi connectivity index (χ3n) is 4.47. The molecule has 1 aliphatic rings. The van der Waals surface area contributed by atoms with E-state index >= 15 is 0 Å². The summed E-state index contributed by atoms with van der Waals surface area (Å²) >= 11 is 0. The fraction of sp³-hybridized carbons (Fsp3) is 0.727.